The van der Waals surface area contributed by atoms with Gasteiger partial charge in [0, 0.05) is 47.5 Å². The average molecular weight is 606 g/mol. The molecule has 1 aliphatic heterocycles. The minimum Gasteiger partial charge on any atom is -0.457 e. The van der Waals surface area contributed by atoms with Crippen LogP contribution in [-0.4, -0.2) is 64.4 Å². The van der Waals surface area contributed by atoms with Gasteiger partial charge in [0.25, 0.3) is 5.91 Å². The summed E-state index contributed by atoms with van der Waals surface area (Å²) in [7, 11) is 0. The van der Waals surface area contributed by atoms with Gasteiger partial charge in [-0.15, -0.1) is 0 Å². The van der Waals surface area contributed by atoms with E-state index in [0.717, 1.165) is 15.8 Å². The Morgan fingerprint density at radius 1 is 1.05 bits per heavy atom. The zero-order valence-electron chi connectivity index (χ0n) is 24.3. The lowest BCUT2D eigenvalue weighted by molar-refractivity contribution is -0.160. The largest absolute Gasteiger partial charge is 0.457 e. The molecule has 2 aromatic heterocycles. The first-order valence-electron chi connectivity index (χ1n) is 14.2. The van der Waals surface area contributed by atoms with Gasteiger partial charge >= 0.3 is 6.61 Å². The van der Waals surface area contributed by atoms with Gasteiger partial charge in [0.2, 0.25) is 11.8 Å². The molecule has 2 aromatic carbocycles. The number of likely N-dealkylation sites (tertiary alicyclic amines) is 1. The van der Waals surface area contributed by atoms with Crippen LogP contribution in [0.1, 0.15) is 47.8 Å². The summed E-state index contributed by atoms with van der Waals surface area (Å²) in [6.45, 7) is 0.613. The summed E-state index contributed by atoms with van der Waals surface area (Å²) in [5.41, 5.74) is 2.99. The van der Waals surface area contributed by atoms with E-state index in [2.05, 4.69) is 39.2 Å². The normalized spacial score (nSPS) is 16.5. The Morgan fingerprint density at radius 3 is 2.57 bits per heavy atom. The molecule has 1 fully saturated rings. The van der Waals surface area contributed by atoms with E-state index >= 15 is 0 Å². The van der Waals surface area contributed by atoms with Crippen LogP contribution in [0.5, 0.6) is 11.5 Å². The number of hydrogen-bond acceptors (Lipinski definition) is 6. The van der Waals surface area contributed by atoms with Gasteiger partial charge in [0.05, 0.1) is 19.2 Å². The highest BCUT2D eigenvalue weighted by atomic mass is 19.3. The maximum atomic E-state index is 13.2. The number of carbonyl (C=O) groups is 3. The number of H-pyrrole nitrogens is 1. The summed E-state index contributed by atoms with van der Waals surface area (Å²) in [5, 5.41) is 6.18. The third-order valence-corrected chi connectivity index (χ3v) is 7.39. The van der Waals surface area contributed by atoms with Crippen molar-refractivity contribution in [2.45, 2.75) is 51.5 Å². The van der Waals surface area contributed by atoms with E-state index in [1.54, 1.807) is 42.7 Å². The first-order valence-corrected chi connectivity index (χ1v) is 14.2. The Balaban J connectivity index is 1.19. The van der Waals surface area contributed by atoms with Crippen LogP contribution in [-0.2, 0) is 20.9 Å². The minimum atomic E-state index is -3.05. The summed E-state index contributed by atoms with van der Waals surface area (Å²) in [6.07, 6.45) is 2.18. The van der Waals surface area contributed by atoms with E-state index in [1.165, 1.54) is 5.56 Å². The Kier molecular flexibility index (Phi) is 9.49. The molecule has 3 N–H and O–H groups in total. The van der Waals surface area contributed by atoms with Crippen LogP contribution >= 0.6 is 0 Å². The summed E-state index contributed by atoms with van der Waals surface area (Å²) >= 11 is 0. The highest BCUT2D eigenvalue weighted by Gasteiger charge is 2.41. The third-order valence-electron chi connectivity index (χ3n) is 7.39. The van der Waals surface area contributed by atoms with Crippen molar-refractivity contribution in [2.24, 2.45) is 0 Å². The predicted molar refractivity (Wildman–Crippen MR) is 158 cm³/mol. The number of nitrogens with zero attached hydrogens (tertiary/aromatic N) is 2. The molecule has 12 heteroatoms. The van der Waals surface area contributed by atoms with Crippen molar-refractivity contribution in [3.8, 4) is 11.5 Å². The second-order valence-electron chi connectivity index (χ2n) is 10.8. The van der Waals surface area contributed by atoms with Crippen LogP contribution in [0.25, 0.3) is 10.9 Å². The molecule has 4 aromatic rings. The van der Waals surface area contributed by atoms with E-state index in [9.17, 15) is 23.2 Å². The number of aromatic nitrogens is 2. The van der Waals surface area contributed by atoms with Gasteiger partial charge in [-0.25, -0.2) is 0 Å². The van der Waals surface area contributed by atoms with Crippen LogP contribution in [0.3, 0.4) is 0 Å². The van der Waals surface area contributed by atoms with Gasteiger partial charge in [0.15, 0.2) is 0 Å². The maximum Gasteiger partial charge on any atom is 0.345 e. The standard InChI is InChI=1S/C32H33F2N5O5/c1-19(2)20-6-8-24(9-7-20)43-25-5-3-4-21(13-25)30(41)37-17-29(40)39-18-26(44-32(33)34)14-28(39)31(42)36-16-23-12-22-15-35-11-10-27(22)38-23/h3-13,15,19,26,28,32,38H,14,16-18H2,1-2H3,(H,36,42)(H,37,41)/t26-,28+/m1/s1. The van der Waals surface area contributed by atoms with Gasteiger partial charge in [-0.2, -0.15) is 8.78 Å². The number of fused-ring (bicyclic) bond motifs is 1. The van der Waals surface area contributed by atoms with Crippen molar-refractivity contribution in [2.75, 3.05) is 13.1 Å². The third kappa shape index (κ3) is 7.56. The van der Waals surface area contributed by atoms with E-state index < -0.39 is 43.0 Å². The first-order chi connectivity index (χ1) is 21.2. The molecule has 0 aliphatic carbocycles. The van der Waals surface area contributed by atoms with E-state index in [0.29, 0.717) is 23.1 Å². The quantitative estimate of drug-likeness (QED) is 0.227. The van der Waals surface area contributed by atoms with E-state index in [-0.39, 0.29) is 25.1 Å². The van der Waals surface area contributed by atoms with Crippen molar-refractivity contribution in [3.63, 3.8) is 0 Å². The molecule has 0 radical (unpaired) electrons. The summed E-state index contributed by atoms with van der Waals surface area (Å²) < 4.78 is 36.5. The number of alkyl halides is 2. The SMILES string of the molecule is CC(C)c1ccc(Oc2cccc(C(=O)NCC(=O)N3C[C@H](OC(F)F)C[C@H]3C(=O)NCc3cc4cnccc4[nH]3)c2)cc1. The minimum absolute atomic E-state index is 0.107. The molecule has 10 nitrogen and oxygen atoms in total. The van der Waals surface area contributed by atoms with Gasteiger partial charge in [0.1, 0.15) is 17.5 Å². The molecule has 0 spiro atoms. The molecule has 0 unspecified atom stereocenters. The number of benzene rings is 2. The monoisotopic (exact) mass is 605 g/mol. The van der Waals surface area contributed by atoms with Crippen LogP contribution in [0.15, 0.2) is 73.1 Å². The number of ether oxygens (including phenoxy) is 2. The Bertz CT molecular complexity index is 1590. The molecule has 44 heavy (non-hydrogen) atoms. The molecule has 0 bridgehead atoms. The van der Waals surface area contributed by atoms with Crippen molar-refractivity contribution >= 4 is 28.6 Å². The zero-order chi connectivity index (χ0) is 31.2. The molecule has 1 saturated heterocycles. The van der Waals surface area contributed by atoms with Crippen molar-refractivity contribution in [1.29, 1.82) is 0 Å². The number of halogens is 2. The van der Waals surface area contributed by atoms with Crippen LogP contribution in [0.4, 0.5) is 8.78 Å². The summed E-state index contributed by atoms with van der Waals surface area (Å²) in [4.78, 5) is 47.5. The number of hydrogen-bond donors (Lipinski definition) is 3. The van der Waals surface area contributed by atoms with Crippen LogP contribution in [0, 0.1) is 0 Å². The molecule has 3 heterocycles. The lowest BCUT2D eigenvalue weighted by atomic mass is 10.0. The molecular formula is C32H33F2N5O5. The molecular weight excluding hydrogens is 572 g/mol. The fourth-order valence-electron chi connectivity index (χ4n) is 5.11. The molecule has 230 valence electrons. The first kappa shape index (κ1) is 30.6. The fraction of sp³-hybridized carbons (Fsp3) is 0.312. The van der Waals surface area contributed by atoms with Gasteiger partial charge in [-0.3, -0.25) is 19.4 Å². The number of nitrogens with one attached hydrogen (secondary N) is 3. The second-order valence-corrected chi connectivity index (χ2v) is 10.8. The van der Waals surface area contributed by atoms with Gasteiger partial charge < -0.3 is 30.0 Å². The molecule has 2 atom stereocenters. The maximum absolute atomic E-state index is 13.2. The number of rotatable bonds is 11. The lowest BCUT2D eigenvalue weighted by Gasteiger charge is -2.24. The average Bonchev–Trinajstić information content (AvgIpc) is 3.62. The molecule has 3 amide bonds. The number of amides is 3. The van der Waals surface area contributed by atoms with Crippen LogP contribution in [0.2, 0.25) is 0 Å². The predicted octanol–water partition coefficient (Wildman–Crippen LogP) is 4.73. The second kappa shape index (κ2) is 13.6. The Morgan fingerprint density at radius 2 is 1.84 bits per heavy atom. The van der Waals surface area contributed by atoms with E-state index in [1.807, 2.05) is 30.3 Å². The zero-order valence-corrected chi connectivity index (χ0v) is 24.3. The molecule has 5 rings (SSSR count). The van der Waals surface area contributed by atoms with Crippen LogP contribution < -0.4 is 15.4 Å². The summed E-state index contributed by atoms with van der Waals surface area (Å²) in [6, 6.07) is 16.7. The highest BCUT2D eigenvalue weighted by Crippen LogP contribution is 2.25. The number of aromatic amines is 1. The summed E-state index contributed by atoms with van der Waals surface area (Å²) in [5.74, 6) is -0.220. The Hall–Kier alpha value is -4.84. The van der Waals surface area contributed by atoms with Crippen molar-refractivity contribution < 1.29 is 32.6 Å². The Labute approximate surface area is 252 Å². The number of pyridine rings is 1. The van der Waals surface area contributed by atoms with Crippen molar-refractivity contribution in [1.82, 2.24) is 25.5 Å². The smallest absolute Gasteiger partial charge is 0.345 e. The number of carbonyl (C=O) groups excluding carboxylic acids is 3. The molecule has 1 aliphatic rings. The lowest BCUT2D eigenvalue weighted by Crippen LogP contribution is -2.49. The van der Waals surface area contributed by atoms with Gasteiger partial charge in [-0.1, -0.05) is 32.0 Å². The topological polar surface area (TPSA) is 126 Å². The fourth-order valence-corrected chi connectivity index (χ4v) is 5.11. The van der Waals surface area contributed by atoms with Crippen molar-refractivity contribution in [3.05, 3.63) is 89.9 Å². The van der Waals surface area contributed by atoms with E-state index in [4.69, 9.17) is 4.74 Å². The van der Waals surface area contributed by atoms with Gasteiger partial charge in [-0.05, 0) is 53.9 Å². The highest BCUT2D eigenvalue weighted by molar-refractivity contribution is 5.97. The molecule has 0 saturated carbocycles.